The van der Waals surface area contributed by atoms with Crippen LogP contribution in [0, 0.1) is 0 Å². The average Bonchev–Trinajstić information content (AvgIpc) is 4.05. The molecule has 13 rings (SSSR count). The standard InChI is InChI=1S/C56H58N4Si2/c1-11-31-57(32-12-1)41-27-29-43-45(39-41)55(59-47-19-3-7-23-51(47)61(35-15-16-36-61)52-24-8-4-20-48(52)59)44-30-28-42(58-33-13-2-14-34-58)40-46(44)56(43)60-49-21-5-9-25-53(49)62(37-17-18-38-62)54-26-10-6-22-50(54)60/h3-10,19-30,39-40H,1-2,11-18,31-38H2. The second kappa shape index (κ2) is 14.6. The minimum atomic E-state index is -1.93. The van der Waals surface area contributed by atoms with Gasteiger partial charge in [-0.3, -0.25) is 0 Å². The largest absolute Gasteiger partial charge is 0.372 e. The molecule has 0 aliphatic carbocycles. The molecule has 6 heterocycles. The molecule has 310 valence electrons. The van der Waals surface area contributed by atoms with Crippen molar-refractivity contribution in [1.29, 1.82) is 0 Å². The van der Waals surface area contributed by atoms with Crippen molar-refractivity contribution in [3.63, 3.8) is 0 Å². The average molecular weight is 843 g/mol. The summed E-state index contributed by atoms with van der Waals surface area (Å²) in [5.41, 5.74) is 11.1. The second-order valence-electron chi connectivity index (χ2n) is 19.6. The molecule has 0 N–H and O–H groups in total. The van der Waals surface area contributed by atoms with E-state index in [9.17, 15) is 0 Å². The Morgan fingerprint density at radius 2 is 0.629 bits per heavy atom. The quantitative estimate of drug-likeness (QED) is 0.129. The summed E-state index contributed by atoms with van der Waals surface area (Å²) in [5, 5.41) is 12.0. The molecule has 6 aliphatic heterocycles. The Kier molecular flexibility index (Phi) is 8.80. The van der Waals surface area contributed by atoms with E-state index in [0.717, 1.165) is 26.2 Å². The van der Waals surface area contributed by atoms with Gasteiger partial charge in [-0.25, -0.2) is 0 Å². The highest BCUT2D eigenvalue weighted by atomic mass is 28.3. The monoisotopic (exact) mass is 842 g/mol. The van der Waals surface area contributed by atoms with Crippen molar-refractivity contribution >= 4 is 104 Å². The number of hydrogen-bond acceptors (Lipinski definition) is 4. The number of hydrogen-bond donors (Lipinski definition) is 0. The van der Waals surface area contributed by atoms with Crippen LogP contribution >= 0.6 is 0 Å². The Hall–Kier alpha value is -5.31. The van der Waals surface area contributed by atoms with E-state index < -0.39 is 16.1 Å². The van der Waals surface area contributed by atoms with Crippen LogP contribution in [0.15, 0.2) is 133 Å². The van der Waals surface area contributed by atoms with Gasteiger partial charge in [0, 0.05) is 81.8 Å². The zero-order valence-corrected chi connectivity index (χ0v) is 38.2. The van der Waals surface area contributed by atoms with Gasteiger partial charge in [0.1, 0.15) is 16.1 Å². The molecular weight excluding hydrogens is 785 g/mol. The lowest BCUT2D eigenvalue weighted by atomic mass is 9.93. The first-order chi connectivity index (χ1) is 30.7. The fraction of sp³-hybridized carbons (Fsp3) is 0.321. The van der Waals surface area contributed by atoms with Crippen molar-refractivity contribution in [2.45, 2.75) is 88.4 Å². The van der Waals surface area contributed by atoms with Gasteiger partial charge >= 0.3 is 0 Å². The van der Waals surface area contributed by atoms with E-state index >= 15 is 0 Å². The van der Waals surface area contributed by atoms with E-state index in [2.05, 4.69) is 153 Å². The summed E-state index contributed by atoms with van der Waals surface area (Å²) >= 11 is 0. The van der Waals surface area contributed by atoms with Crippen LogP contribution in [0.4, 0.5) is 45.5 Å². The summed E-state index contributed by atoms with van der Waals surface area (Å²) in [5.74, 6) is 0. The molecule has 0 aromatic heterocycles. The Labute approximate surface area is 369 Å². The van der Waals surface area contributed by atoms with E-state index in [1.165, 1.54) is 155 Å². The highest BCUT2D eigenvalue weighted by molar-refractivity contribution is 7.05. The van der Waals surface area contributed by atoms with Gasteiger partial charge in [-0.2, -0.15) is 0 Å². The number of para-hydroxylation sites is 4. The van der Waals surface area contributed by atoms with Crippen molar-refractivity contribution < 1.29 is 0 Å². The minimum absolute atomic E-state index is 1.13. The molecule has 4 nitrogen and oxygen atoms in total. The number of rotatable bonds is 4. The molecule has 6 heteroatoms. The predicted octanol–water partition coefficient (Wildman–Crippen LogP) is 12.3. The van der Waals surface area contributed by atoms with Crippen molar-refractivity contribution in [3.8, 4) is 0 Å². The first-order valence-electron chi connectivity index (χ1n) is 24.3. The Morgan fingerprint density at radius 3 is 0.968 bits per heavy atom. The molecule has 6 aliphatic rings. The highest BCUT2D eigenvalue weighted by Gasteiger charge is 2.49. The Balaban J connectivity index is 1.17. The van der Waals surface area contributed by atoms with Crippen LogP contribution in [-0.4, -0.2) is 42.3 Å². The molecule has 62 heavy (non-hydrogen) atoms. The number of piperidine rings is 2. The maximum atomic E-state index is 2.76. The van der Waals surface area contributed by atoms with Gasteiger partial charge < -0.3 is 19.6 Å². The summed E-state index contributed by atoms with van der Waals surface area (Å²) in [6, 6.07) is 59.3. The third-order valence-electron chi connectivity index (χ3n) is 16.5. The number of benzene rings is 7. The molecule has 0 saturated carbocycles. The van der Waals surface area contributed by atoms with Crippen molar-refractivity contribution in [2.24, 2.45) is 0 Å². The van der Waals surface area contributed by atoms with Gasteiger partial charge in [-0.15, -0.1) is 0 Å². The molecule has 4 fully saturated rings. The molecular formula is C56H58N4Si2. The van der Waals surface area contributed by atoms with Gasteiger partial charge in [-0.05, 0) is 132 Å². The summed E-state index contributed by atoms with van der Waals surface area (Å²) in [4.78, 5) is 10.9. The molecule has 0 unspecified atom stereocenters. The van der Waals surface area contributed by atoms with Crippen LogP contribution in [0.5, 0.6) is 0 Å². The van der Waals surface area contributed by atoms with Gasteiger partial charge in [0.05, 0.1) is 11.4 Å². The Morgan fingerprint density at radius 1 is 0.306 bits per heavy atom. The first-order valence-corrected chi connectivity index (χ1v) is 29.1. The van der Waals surface area contributed by atoms with E-state index in [1.54, 1.807) is 20.7 Å². The first kappa shape index (κ1) is 37.3. The summed E-state index contributed by atoms with van der Waals surface area (Å²) in [6.45, 7) is 4.51. The molecule has 0 amide bonds. The SMILES string of the molecule is c1ccc2c(c1)N(c1c3ccc(N4CCCCC4)cc3c(N3c4ccccc4[Si]4(CCCC4)c4ccccc43)c3ccc(N4CCCCC4)cc13)c1ccccc1[Si]21CCCC1. The maximum absolute atomic E-state index is 2.76. The number of nitrogens with zero attached hydrogens (tertiary/aromatic N) is 4. The maximum Gasteiger partial charge on any atom is 0.123 e. The molecule has 7 aromatic rings. The highest BCUT2D eigenvalue weighted by Crippen LogP contribution is 2.55. The number of fused-ring (bicyclic) bond motifs is 10. The van der Waals surface area contributed by atoms with E-state index in [1.807, 2.05) is 0 Å². The predicted molar refractivity (Wildman–Crippen MR) is 271 cm³/mol. The summed E-state index contributed by atoms with van der Waals surface area (Å²) in [6.07, 6.45) is 13.1. The van der Waals surface area contributed by atoms with Crippen LogP contribution in [0.25, 0.3) is 21.5 Å². The van der Waals surface area contributed by atoms with E-state index in [0.29, 0.717) is 0 Å². The van der Waals surface area contributed by atoms with Gasteiger partial charge in [0.15, 0.2) is 0 Å². The van der Waals surface area contributed by atoms with Crippen LogP contribution in [0.2, 0.25) is 24.2 Å². The van der Waals surface area contributed by atoms with Gasteiger partial charge in [0.25, 0.3) is 0 Å². The normalized spacial score (nSPS) is 19.9. The van der Waals surface area contributed by atoms with Crippen LogP contribution < -0.4 is 40.3 Å². The van der Waals surface area contributed by atoms with Crippen molar-refractivity contribution in [2.75, 3.05) is 45.8 Å². The lowest BCUT2D eigenvalue weighted by molar-refractivity contribution is 0.578. The molecule has 4 saturated heterocycles. The smallest absolute Gasteiger partial charge is 0.123 e. The number of anilines is 8. The molecule has 0 atom stereocenters. The molecule has 7 aromatic carbocycles. The van der Waals surface area contributed by atoms with Gasteiger partial charge in [0.2, 0.25) is 0 Å². The summed E-state index contributed by atoms with van der Waals surface area (Å²) < 4.78 is 0. The van der Waals surface area contributed by atoms with Crippen molar-refractivity contribution in [3.05, 3.63) is 133 Å². The van der Waals surface area contributed by atoms with E-state index in [-0.39, 0.29) is 0 Å². The van der Waals surface area contributed by atoms with Crippen LogP contribution in [0.3, 0.4) is 0 Å². The van der Waals surface area contributed by atoms with E-state index in [4.69, 9.17) is 0 Å². The van der Waals surface area contributed by atoms with Crippen molar-refractivity contribution in [1.82, 2.24) is 0 Å². The minimum Gasteiger partial charge on any atom is -0.372 e. The van der Waals surface area contributed by atoms with Crippen LogP contribution in [-0.2, 0) is 0 Å². The molecule has 0 radical (unpaired) electrons. The fourth-order valence-corrected chi connectivity index (χ4v) is 24.8. The zero-order chi connectivity index (χ0) is 40.8. The topological polar surface area (TPSA) is 13.0 Å². The second-order valence-corrected chi connectivity index (χ2v) is 28.1. The third-order valence-corrected chi connectivity index (χ3v) is 27.1. The lowest BCUT2D eigenvalue weighted by Crippen LogP contribution is -2.61. The summed E-state index contributed by atoms with van der Waals surface area (Å²) in [7, 11) is -3.87. The molecule has 0 bridgehead atoms. The molecule has 2 spiro atoms. The van der Waals surface area contributed by atoms with Crippen LogP contribution in [0.1, 0.15) is 64.2 Å². The Bertz CT molecular complexity index is 2580. The lowest BCUT2D eigenvalue weighted by Gasteiger charge is -2.45. The third kappa shape index (κ3) is 5.41. The van der Waals surface area contributed by atoms with Gasteiger partial charge in [-0.1, -0.05) is 111 Å². The zero-order valence-electron chi connectivity index (χ0n) is 36.2. The fourth-order valence-electron chi connectivity index (χ4n) is 13.7.